The number of carbonyl (C=O) groups excluding carboxylic acids is 1. The van der Waals surface area contributed by atoms with Crippen LogP contribution in [0.25, 0.3) is 0 Å². The molecule has 1 aromatic carbocycles. The van der Waals surface area contributed by atoms with E-state index >= 15 is 0 Å². The lowest BCUT2D eigenvalue weighted by molar-refractivity contribution is -0.148. The molecule has 2 aromatic rings. The summed E-state index contributed by atoms with van der Waals surface area (Å²) >= 11 is 0. The van der Waals surface area contributed by atoms with Gasteiger partial charge in [-0.25, -0.2) is 17.7 Å². The molecule has 0 aliphatic carbocycles. The number of hydrogen-bond donors (Lipinski definition) is 3. The van der Waals surface area contributed by atoms with Gasteiger partial charge in [-0.1, -0.05) is 0 Å². The Balaban J connectivity index is 1.82. The monoisotopic (exact) mass is 503 g/mol. The van der Waals surface area contributed by atoms with E-state index in [0.717, 1.165) is 9.47 Å². The molecule has 1 aliphatic heterocycles. The van der Waals surface area contributed by atoms with Crippen LogP contribution in [0.15, 0.2) is 12.1 Å². The Morgan fingerprint density at radius 3 is 2.36 bits per heavy atom. The van der Waals surface area contributed by atoms with E-state index < -0.39 is 73.9 Å². The fourth-order valence-corrected chi connectivity index (χ4v) is 3.94. The van der Waals surface area contributed by atoms with Crippen molar-refractivity contribution < 1.29 is 50.0 Å². The molecule has 0 spiro atoms. The van der Waals surface area contributed by atoms with Gasteiger partial charge in [0.25, 0.3) is 0 Å². The van der Waals surface area contributed by atoms with Crippen LogP contribution in [0.4, 0.5) is 26.3 Å². The van der Waals surface area contributed by atoms with Crippen molar-refractivity contribution in [3.63, 3.8) is 0 Å². The van der Waals surface area contributed by atoms with Gasteiger partial charge in [-0.05, 0) is 11.6 Å². The van der Waals surface area contributed by atoms with Gasteiger partial charge < -0.3 is 25.0 Å². The summed E-state index contributed by atoms with van der Waals surface area (Å²) in [5.41, 5.74) is 2.60. The first-order valence-electron chi connectivity index (χ1n) is 9.04. The fraction of sp³-hybridized carbons (Fsp3) is 0.438. The van der Waals surface area contributed by atoms with E-state index in [1.165, 1.54) is 0 Å². The molecule has 17 heteroatoms. The van der Waals surface area contributed by atoms with Gasteiger partial charge in [0.15, 0.2) is 17.5 Å². The van der Waals surface area contributed by atoms with E-state index in [2.05, 4.69) is 14.7 Å². The number of hydrogen-bond acceptors (Lipinski definition) is 6. The third kappa shape index (κ3) is 5.89. The number of amides is 1. The molecule has 0 saturated carbocycles. The number of fused-ring (bicyclic) bond motifs is 1. The first-order valence-corrected chi connectivity index (χ1v) is 10.6. The normalized spacial score (nSPS) is 16.5. The summed E-state index contributed by atoms with van der Waals surface area (Å²) in [5, 5.41) is 6.45. The second-order valence-corrected chi connectivity index (χ2v) is 8.43. The molecule has 0 bridgehead atoms. The van der Waals surface area contributed by atoms with Crippen molar-refractivity contribution in [3.05, 3.63) is 46.8 Å². The van der Waals surface area contributed by atoms with Gasteiger partial charge in [0, 0.05) is 25.6 Å². The van der Waals surface area contributed by atoms with E-state index in [4.69, 9.17) is 15.5 Å². The van der Waals surface area contributed by atoms with E-state index in [-0.39, 0.29) is 25.0 Å². The minimum Gasteiger partial charge on any atom is -0.333 e. The zero-order valence-corrected chi connectivity index (χ0v) is 17.3. The zero-order chi connectivity index (χ0) is 24.8. The maximum Gasteiger partial charge on any atom is 0.471 e. The van der Waals surface area contributed by atoms with Crippen molar-refractivity contribution >= 4 is 13.7 Å². The number of halogens is 6. The molecule has 0 radical (unpaired) electrons. The summed E-state index contributed by atoms with van der Waals surface area (Å²) in [7, 11) is -5.36. The van der Waals surface area contributed by atoms with Crippen LogP contribution in [0.2, 0.25) is 0 Å². The number of phosphoric ester groups is 1. The predicted octanol–water partition coefficient (Wildman–Crippen LogP) is 1.45. The highest BCUT2D eigenvalue weighted by molar-refractivity contribution is 7.46. The lowest BCUT2D eigenvalue weighted by Crippen LogP contribution is -2.50. The number of aromatic nitrogens is 3. The van der Waals surface area contributed by atoms with E-state index in [1.807, 2.05) is 0 Å². The number of alkyl halides is 3. The maximum absolute atomic E-state index is 14.0. The van der Waals surface area contributed by atoms with Crippen LogP contribution < -0.4 is 5.73 Å². The molecule has 33 heavy (non-hydrogen) atoms. The van der Waals surface area contributed by atoms with Crippen LogP contribution in [0, 0.1) is 17.5 Å². The van der Waals surface area contributed by atoms with Gasteiger partial charge >= 0.3 is 14.0 Å². The number of benzene rings is 1. The lowest BCUT2D eigenvalue weighted by atomic mass is 9.98. The summed E-state index contributed by atoms with van der Waals surface area (Å²) in [6.07, 6.45) is -6.71. The second kappa shape index (κ2) is 8.68. The third-order valence-corrected chi connectivity index (χ3v) is 5.29. The smallest absolute Gasteiger partial charge is 0.333 e. The van der Waals surface area contributed by atoms with Gasteiger partial charge in [0.1, 0.15) is 11.5 Å². The zero-order valence-electron chi connectivity index (χ0n) is 16.4. The highest BCUT2D eigenvalue weighted by atomic mass is 31.2. The summed E-state index contributed by atoms with van der Waals surface area (Å²) in [4.78, 5) is 32.0. The average Bonchev–Trinajstić information content (AvgIpc) is 3.08. The highest BCUT2D eigenvalue weighted by Gasteiger charge is 2.42. The number of nitrogens with two attached hydrogens (primary N) is 1. The molecule has 0 saturated heterocycles. The Hall–Kier alpha value is -2.52. The Bertz CT molecular complexity index is 1120. The minimum atomic E-state index is -5.36. The van der Waals surface area contributed by atoms with Crippen molar-refractivity contribution in [2.24, 2.45) is 5.73 Å². The van der Waals surface area contributed by atoms with Crippen molar-refractivity contribution in [2.45, 2.75) is 37.8 Å². The van der Waals surface area contributed by atoms with Gasteiger partial charge in [0.05, 0.1) is 13.0 Å². The van der Waals surface area contributed by atoms with Crippen LogP contribution in [0.1, 0.15) is 23.6 Å². The van der Waals surface area contributed by atoms with Gasteiger partial charge in [-0.3, -0.25) is 9.32 Å². The summed E-state index contributed by atoms with van der Waals surface area (Å²) < 4.78 is 96.1. The Morgan fingerprint density at radius 1 is 1.12 bits per heavy atom. The van der Waals surface area contributed by atoms with Crippen molar-refractivity contribution in [2.75, 3.05) is 6.54 Å². The molecule has 0 unspecified atom stereocenters. The lowest BCUT2D eigenvalue weighted by Gasteiger charge is -2.33. The standard InChI is InChI=1S/C16H16F6N5O5P/c17-9-4-11(19)10(18)3-8(9)5-15(23,32-33(29,30)31)6-13(28)26-1-2-27-12(7-26)24-25-14(27)16(20,21)22/h3-4H,1-2,5-7,23H2,(H2,29,30,31)/t15-/m0/s1. The minimum absolute atomic E-state index is 0.181. The van der Waals surface area contributed by atoms with Gasteiger partial charge in [0.2, 0.25) is 11.7 Å². The van der Waals surface area contributed by atoms with Crippen molar-refractivity contribution in [1.29, 1.82) is 0 Å². The topological polar surface area (TPSA) is 144 Å². The Morgan fingerprint density at radius 2 is 1.76 bits per heavy atom. The number of nitrogens with zero attached hydrogens (tertiary/aromatic N) is 4. The molecular formula is C16H16F6N5O5P. The molecule has 1 amide bonds. The van der Waals surface area contributed by atoms with Gasteiger partial charge in [-0.15, -0.1) is 10.2 Å². The SMILES string of the molecule is N[C@@](CC(=O)N1CCn2c(nnc2C(F)(F)F)C1)(Cc1cc(F)c(F)cc1F)OP(=O)(O)O. The first-order chi connectivity index (χ1) is 15.1. The Labute approximate surface area is 181 Å². The first kappa shape index (κ1) is 25.1. The molecule has 4 N–H and O–H groups in total. The van der Waals surface area contributed by atoms with Crippen LogP contribution in [0.5, 0.6) is 0 Å². The molecule has 1 aromatic heterocycles. The molecule has 182 valence electrons. The van der Waals surface area contributed by atoms with E-state index in [1.54, 1.807) is 0 Å². The molecule has 3 rings (SSSR count). The molecule has 0 fully saturated rings. The number of phosphoric acid groups is 1. The molecule has 1 aliphatic rings. The van der Waals surface area contributed by atoms with Crippen LogP contribution in [-0.4, -0.2) is 47.6 Å². The fourth-order valence-electron chi connectivity index (χ4n) is 3.33. The van der Waals surface area contributed by atoms with Crippen LogP contribution in [0.3, 0.4) is 0 Å². The van der Waals surface area contributed by atoms with E-state index in [0.29, 0.717) is 6.07 Å². The average molecular weight is 503 g/mol. The van der Waals surface area contributed by atoms with Crippen LogP contribution in [-0.2, 0) is 39.6 Å². The summed E-state index contributed by atoms with van der Waals surface area (Å²) in [5.74, 6) is -6.70. The molecular weight excluding hydrogens is 487 g/mol. The highest BCUT2D eigenvalue weighted by Crippen LogP contribution is 2.42. The number of carbonyl (C=O) groups is 1. The summed E-state index contributed by atoms with van der Waals surface area (Å²) in [6, 6.07) is 0.571. The molecule has 10 nitrogen and oxygen atoms in total. The van der Waals surface area contributed by atoms with Crippen LogP contribution >= 0.6 is 7.82 Å². The molecule has 2 heterocycles. The van der Waals surface area contributed by atoms with E-state index in [9.17, 15) is 35.7 Å². The van der Waals surface area contributed by atoms with Crippen molar-refractivity contribution in [1.82, 2.24) is 19.7 Å². The van der Waals surface area contributed by atoms with Crippen molar-refractivity contribution in [3.8, 4) is 0 Å². The largest absolute Gasteiger partial charge is 0.471 e. The quantitative estimate of drug-likeness (QED) is 0.233. The predicted molar refractivity (Wildman–Crippen MR) is 95.1 cm³/mol. The Kier molecular flexibility index (Phi) is 6.61. The maximum atomic E-state index is 14.0. The summed E-state index contributed by atoms with van der Waals surface area (Å²) in [6.45, 7) is -1.04. The number of rotatable bonds is 6. The third-order valence-electron chi connectivity index (χ3n) is 4.69. The second-order valence-electron chi connectivity index (χ2n) is 7.26. The van der Waals surface area contributed by atoms with Gasteiger partial charge in [-0.2, -0.15) is 13.2 Å². The molecule has 1 atom stereocenters.